The van der Waals surface area contributed by atoms with E-state index in [2.05, 4.69) is 4.98 Å². The first-order chi connectivity index (χ1) is 15.0. The zero-order chi connectivity index (χ0) is 22.0. The van der Waals surface area contributed by atoms with Gasteiger partial charge in [-0.2, -0.15) is 0 Å². The number of hydrogen-bond acceptors (Lipinski definition) is 5. The van der Waals surface area contributed by atoms with Gasteiger partial charge >= 0.3 is 5.69 Å². The summed E-state index contributed by atoms with van der Waals surface area (Å²) in [6.45, 7) is 3.79. The van der Waals surface area contributed by atoms with Gasteiger partial charge in [0, 0.05) is 22.8 Å². The van der Waals surface area contributed by atoms with Gasteiger partial charge < -0.3 is 4.90 Å². The summed E-state index contributed by atoms with van der Waals surface area (Å²) in [6, 6.07) is 16.3. The van der Waals surface area contributed by atoms with Crippen molar-refractivity contribution in [2.24, 2.45) is 0 Å². The van der Waals surface area contributed by atoms with Gasteiger partial charge in [-0.3, -0.25) is 18.7 Å². The lowest BCUT2D eigenvalue weighted by atomic mass is 10.2. The Hall–Kier alpha value is -3.52. The van der Waals surface area contributed by atoms with Crippen molar-refractivity contribution in [3.05, 3.63) is 91.9 Å². The van der Waals surface area contributed by atoms with E-state index in [1.54, 1.807) is 17.0 Å². The zero-order valence-electron chi connectivity index (χ0n) is 17.3. The van der Waals surface area contributed by atoms with Crippen LogP contribution in [0.4, 0.5) is 5.69 Å². The Labute approximate surface area is 182 Å². The fourth-order valence-corrected chi connectivity index (χ4v) is 4.32. The molecular weight excluding hydrogens is 412 g/mol. The first kappa shape index (κ1) is 20.7. The predicted molar refractivity (Wildman–Crippen MR) is 123 cm³/mol. The van der Waals surface area contributed by atoms with E-state index in [4.69, 9.17) is 0 Å². The molecule has 0 fully saturated rings. The Morgan fingerprint density at radius 2 is 1.81 bits per heavy atom. The summed E-state index contributed by atoms with van der Waals surface area (Å²) in [4.78, 5) is 46.4. The summed E-state index contributed by atoms with van der Waals surface area (Å²) in [6.07, 6.45) is 1.51. The summed E-state index contributed by atoms with van der Waals surface area (Å²) in [5.74, 6) is -0.241. The van der Waals surface area contributed by atoms with Gasteiger partial charge in [0.15, 0.2) is 5.52 Å². The lowest BCUT2D eigenvalue weighted by Gasteiger charge is -2.27. The van der Waals surface area contributed by atoms with Crippen molar-refractivity contribution in [3.63, 3.8) is 0 Å². The van der Waals surface area contributed by atoms with Crippen molar-refractivity contribution in [1.82, 2.24) is 14.1 Å². The topological polar surface area (TPSA) is 77.2 Å². The summed E-state index contributed by atoms with van der Waals surface area (Å²) in [7, 11) is 0. The highest BCUT2D eigenvalue weighted by Gasteiger charge is 2.22. The van der Waals surface area contributed by atoms with E-state index in [1.165, 1.54) is 22.1 Å². The maximum absolute atomic E-state index is 13.3. The summed E-state index contributed by atoms with van der Waals surface area (Å²) < 4.78 is 2.49. The minimum atomic E-state index is -0.524. The van der Waals surface area contributed by atoms with Crippen molar-refractivity contribution < 1.29 is 4.79 Å². The summed E-state index contributed by atoms with van der Waals surface area (Å²) >= 11 is 1.46. The van der Waals surface area contributed by atoms with Gasteiger partial charge in [-0.25, -0.2) is 9.78 Å². The highest BCUT2D eigenvalue weighted by Crippen LogP contribution is 2.18. The molecule has 3 aromatic heterocycles. The predicted octanol–water partition coefficient (Wildman–Crippen LogP) is 3.11. The van der Waals surface area contributed by atoms with Crippen molar-refractivity contribution in [1.29, 1.82) is 0 Å². The minimum Gasteiger partial charge on any atom is -0.308 e. The molecule has 1 aromatic carbocycles. The molecule has 0 atom stereocenters. The van der Waals surface area contributed by atoms with Crippen molar-refractivity contribution in [2.75, 3.05) is 4.90 Å². The molecule has 31 heavy (non-hydrogen) atoms. The standard InChI is InChI=1S/C23H22N4O3S/c1-16(2)27(17-8-4-3-5-9-17)20(28)15-25-19-11-6-12-24-21(19)22(29)26(23(25)30)14-18-10-7-13-31-18/h3-13,16H,14-15H2,1-2H3. The Morgan fingerprint density at radius 3 is 2.48 bits per heavy atom. The van der Waals surface area contributed by atoms with Crippen LogP contribution in [0.1, 0.15) is 18.7 Å². The van der Waals surface area contributed by atoms with Gasteiger partial charge in [-0.05, 0) is 49.6 Å². The Balaban J connectivity index is 1.82. The van der Waals surface area contributed by atoms with Gasteiger partial charge in [0.25, 0.3) is 5.56 Å². The molecule has 0 aliphatic rings. The summed E-state index contributed by atoms with van der Waals surface area (Å²) in [5.41, 5.74) is 0.294. The molecule has 0 spiro atoms. The zero-order valence-corrected chi connectivity index (χ0v) is 18.1. The molecular formula is C23H22N4O3S. The number of fused-ring (bicyclic) bond motifs is 1. The number of carbonyl (C=O) groups excluding carboxylic acids is 1. The van der Waals surface area contributed by atoms with Crippen LogP contribution >= 0.6 is 11.3 Å². The molecule has 3 heterocycles. The van der Waals surface area contributed by atoms with E-state index >= 15 is 0 Å². The van der Waals surface area contributed by atoms with Gasteiger partial charge in [-0.15, -0.1) is 11.3 Å². The molecule has 0 radical (unpaired) electrons. The first-order valence-corrected chi connectivity index (χ1v) is 10.8. The highest BCUT2D eigenvalue weighted by atomic mass is 32.1. The number of benzene rings is 1. The van der Waals surface area contributed by atoms with Gasteiger partial charge in [0.1, 0.15) is 6.54 Å². The monoisotopic (exact) mass is 434 g/mol. The lowest BCUT2D eigenvalue weighted by Crippen LogP contribution is -2.45. The SMILES string of the molecule is CC(C)N(C(=O)Cn1c(=O)n(Cc2cccs2)c(=O)c2ncccc21)c1ccccc1. The fraction of sp³-hybridized carbons (Fsp3) is 0.217. The third-order valence-electron chi connectivity index (χ3n) is 4.99. The molecule has 4 aromatic rings. The summed E-state index contributed by atoms with van der Waals surface area (Å²) in [5, 5.41) is 1.89. The Kier molecular flexibility index (Phi) is 5.81. The van der Waals surface area contributed by atoms with Crippen molar-refractivity contribution in [3.8, 4) is 0 Å². The number of thiophene rings is 1. The van der Waals surface area contributed by atoms with E-state index in [-0.39, 0.29) is 30.6 Å². The van der Waals surface area contributed by atoms with Gasteiger partial charge in [-0.1, -0.05) is 24.3 Å². The molecule has 0 aliphatic carbocycles. The van der Waals surface area contributed by atoms with E-state index in [1.807, 2.05) is 61.7 Å². The molecule has 0 unspecified atom stereocenters. The molecule has 7 nitrogen and oxygen atoms in total. The molecule has 158 valence electrons. The van der Waals surface area contributed by atoms with E-state index in [0.29, 0.717) is 5.52 Å². The highest BCUT2D eigenvalue weighted by molar-refractivity contribution is 7.09. The first-order valence-electron chi connectivity index (χ1n) is 9.95. The van der Waals surface area contributed by atoms with Crippen LogP contribution in [-0.4, -0.2) is 26.1 Å². The Bertz CT molecular complexity index is 1320. The number of hydrogen-bond donors (Lipinski definition) is 0. The second kappa shape index (κ2) is 8.69. The lowest BCUT2D eigenvalue weighted by molar-refractivity contribution is -0.119. The number of aromatic nitrogens is 3. The quantitative estimate of drug-likeness (QED) is 0.467. The number of para-hydroxylation sites is 1. The molecule has 4 rings (SSSR count). The van der Waals surface area contributed by atoms with Crippen LogP contribution in [0.25, 0.3) is 11.0 Å². The van der Waals surface area contributed by atoms with E-state index in [9.17, 15) is 14.4 Å². The third-order valence-corrected chi connectivity index (χ3v) is 5.85. The number of carbonyl (C=O) groups is 1. The number of nitrogens with zero attached hydrogens (tertiary/aromatic N) is 4. The molecule has 0 N–H and O–H groups in total. The van der Waals surface area contributed by atoms with Crippen LogP contribution in [0, 0.1) is 0 Å². The van der Waals surface area contributed by atoms with Crippen LogP contribution in [0.3, 0.4) is 0 Å². The largest absolute Gasteiger partial charge is 0.332 e. The molecule has 8 heteroatoms. The second-order valence-electron chi connectivity index (χ2n) is 7.40. The number of amides is 1. The normalized spacial score (nSPS) is 11.2. The van der Waals surface area contributed by atoms with E-state index in [0.717, 1.165) is 15.1 Å². The van der Waals surface area contributed by atoms with Gasteiger partial charge in [0.05, 0.1) is 12.1 Å². The number of pyridine rings is 1. The second-order valence-corrected chi connectivity index (χ2v) is 8.44. The van der Waals surface area contributed by atoms with Crippen LogP contribution in [0.15, 0.2) is 75.8 Å². The van der Waals surface area contributed by atoms with Crippen LogP contribution in [0.2, 0.25) is 0 Å². The van der Waals surface area contributed by atoms with E-state index < -0.39 is 11.2 Å². The average molecular weight is 435 g/mol. The molecule has 1 amide bonds. The minimum absolute atomic E-state index is 0.105. The maximum atomic E-state index is 13.3. The molecule has 0 saturated heterocycles. The van der Waals surface area contributed by atoms with Gasteiger partial charge in [0.2, 0.25) is 5.91 Å². The van der Waals surface area contributed by atoms with Crippen molar-refractivity contribution >= 4 is 34.0 Å². The molecule has 0 aliphatic heterocycles. The fourth-order valence-electron chi connectivity index (χ4n) is 3.62. The van der Waals surface area contributed by atoms with Crippen LogP contribution in [0.5, 0.6) is 0 Å². The maximum Gasteiger partial charge on any atom is 0.332 e. The molecule has 0 saturated carbocycles. The van der Waals surface area contributed by atoms with Crippen LogP contribution < -0.4 is 16.1 Å². The Morgan fingerprint density at radius 1 is 1.03 bits per heavy atom. The third kappa shape index (κ3) is 4.06. The smallest absolute Gasteiger partial charge is 0.308 e. The number of rotatable bonds is 6. The van der Waals surface area contributed by atoms with Crippen molar-refractivity contribution in [2.45, 2.75) is 33.0 Å². The average Bonchev–Trinajstić information content (AvgIpc) is 3.28. The number of anilines is 1. The molecule has 0 bridgehead atoms. The van der Waals surface area contributed by atoms with Crippen LogP contribution in [-0.2, 0) is 17.9 Å².